The molecule has 1 heterocycles. The van der Waals surface area contributed by atoms with Crippen molar-refractivity contribution in [3.63, 3.8) is 0 Å². The van der Waals surface area contributed by atoms with Gasteiger partial charge in [0, 0.05) is 23.7 Å². The smallest absolute Gasteiger partial charge is 0.189 e. The third kappa shape index (κ3) is 4.41. The van der Waals surface area contributed by atoms with Gasteiger partial charge in [0.1, 0.15) is 24.7 Å². The molecule has 0 aliphatic heterocycles. The highest BCUT2D eigenvalue weighted by Gasteiger charge is 2.09. The lowest BCUT2D eigenvalue weighted by Gasteiger charge is -2.13. The van der Waals surface area contributed by atoms with Gasteiger partial charge in [-0.1, -0.05) is 31.5 Å². The van der Waals surface area contributed by atoms with E-state index >= 15 is 0 Å². The summed E-state index contributed by atoms with van der Waals surface area (Å²) in [5, 5.41) is 0.710. The standard InChI is InChI=1S/C21H23NO3/c1-2-3-7-16-14-18-19(22-11-10-20(18)23)15-21(16)25-13-12-24-17-8-5-4-6-9-17/h4-6,8-11,14-15H,2-3,7,12-13H2,1H3,(H,22,23). The number of aryl methyl sites for hydroxylation is 1. The number of hydrogen-bond acceptors (Lipinski definition) is 3. The summed E-state index contributed by atoms with van der Waals surface area (Å²) in [5.41, 5.74) is 1.91. The summed E-state index contributed by atoms with van der Waals surface area (Å²) >= 11 is 0. The second-order valence-corrected chi connectivity index (χ2v) is 5.96. The van der Waals surface area contributed by atoms with Crippen LogP contribution in [0, 0.1) is 0 Å². The predicted octanol–water partition coefficient (Wildman–Crippen LogP) is 4.33. The molecule has 2 aromatic carbocycles. The van der Waals surface area contributed by atoms with Crippen LogP contribution in [0.15, 0.2) is 59.5 Å². The molecule has 130 valence electrons. The van der Waals surface area contributed by atoms with Crippen molar-refractivity contribution < 1.29 is 9.47 Å². The Balaban J connectivity index is 1.73. The topological polar surface area (TPSA) is 51.3 Å². The summed E-state index contributed by atoms with van der Waals surface area (Å²) in [5.74, 6) is 1.65. The van der Waals surface area contributed by atoms with Crippen LogP contribution in [0.3, 0.4) is 0 Å². The lowest BCUT2D eigenvalue weighted by Crippen LogP contribution is -2.11. The molecule has 0 amide bonds. The number of pyridine rings is 1. The number of aromatic nitrogens is 1. The average molecular weight is 337 g/mol. The van der Waals surface area contributed by atoms with Crippen LogP contribution in [0.2, 0.25) is 0 Å². The molecule has 3 rings (SSSR count). The Morgan fingerprint density at radius 3 is 2.60 bits per heavy atom. The van der Waals surface area contributed by atoms with Gasteiger partial charge in [-0.05, 0) is 36.6 Å². The largest absolute Gasteiger partial charge is 0.490 e. The zero-order chi connectivity index (χ0) is 17.5. The first-order chi connectivity index (χ1) is 12.3. The second kappa shape index (κ2) is 8.38. The molecule has 0 aliphatic rings. The van der Waals surface area contributed by atoms with Crippen LogP contribution in [0.5, 0.6) is 11.5 Å². The zero-order valence-corrected chi connectivity index (χ0v) is 14.5. The van der Waals surface area contributed by atoms with Crippen LogP contribution in [-0.4, -0.2) is 18.2 Å². The first-order valence-electron chi connectivity index (χ1n) is 8.73. The Labute approximate surface area is 147 Å². The number of benzene rings is 2. The number of nitrogens with one attached hydrogen (secondary N) is 1. The molecule has 3 aromatic rings. The fourth-order valence-corrected chi connectivity index (χ4v) is 2.77. The Hall–Kier alpha value is -2.75. The van der Waals surface area contributed by atoms with E-state index in [1.54, 1.807) is 12.3 Å². The molecule has 0 unspecified atom stereocenters. The van der Waals surface area contributed by atoms with Crippen LogP contribution in [0.4, 0.5) is 0 Å². The van der Waals surface area contributed by atoms with Crippen molar-refractivity contribution in [1.29, 1.82) is 0 Å². The van der Waals surface area contributed by atoms with Crippen LogP contribution < -0.4 is 14.9 Å². The number of fused-ring (bicyclic) bond motifs is 1. The number of aromatic amines is 1. The van der Waals surface area contributed by atoms with Gasteiger partial charge in [-0.2, -0.15) is 0 Å². The summed E-state index contributed by atoms with van der Waals surface area (Å²) < 4.78 is 11.6. The third-order valence-corrected chi connectivity index (χ3v) is 4.09. The van der Waals surface area contributed by atoms with Crippen molar-refractivity contribution in [3.05, 3.63) is 70.5 Å². The van der Waals surface area contributed by atoms with Crippen molar-refractivity contribution in [2.45, 2.75) is 26.2 Å². The second-order valence-electron chi connectivity index (χ2n) is 5.96. The zero-order valence-electron chi connectivity index (χ0n) is 14.5. The summed E-state index contributed by atoms with van der Waals surface area (Å²) in [6.45, 7) is 3.08. The molecule has 4 heteroatoms. The van der Waals surface area contributed by atoms with Crippen molar-refractivity contribution in [2.75, 3.05) is 13.2 Å². The van der Waals surface area contributed by atoms with Crippen LogP contribution in [0.1, 0.15) is 25.3 Å². The molecule has 1 N–H and O–H groups in total. The molecule has 0 aliphatic carbocycles. The van der Waals surface area contributed by atoms with Gasteiger partial charge < -0.3 is 14.5 Å². The van der Waals surface area contributed by atoms with Gasteiger partial charge >= 0.3 is 0 Å². The SMILES string of the molecule is CCCCc1cc2c(=O)cc[nH]c2cc1OCCOc1ccccc1. The number of H-pyrrole nitrogens is 1. The number of rotatable bonds is 8. The van der Waals surface area contributed by atoms with Gasteiger partial charge in [-0.25, -0.2) is 0 Å². The first kappa shape index (κ1) is 17.1. The normalized spacial score (nSPS) is 10.8. The Bertz CT molecular complexity index is 871. The highest BCUT2D eigenvalue weighted by atomic mass is 16.5. The first-order valence-corrected chi connectivity index (χ1v) is 8.73. The molecule has 0 saturated carbocycles. The average Bonchev–Trinajstić information content (AvgIpc) is 2.65. The highest BCUT2D eigenvalue weighted by molar-refractivity contribution is 5.81. The van der Waals surface area contributed by atoms with E-state index in [1.807, 2.05) is 42.5 Å². The Morgan fingerprint density at radius 1 is 1.00 bits per heavy atom. The van der Waals surface area contributed by atoms with E-state index in [0.29, 0.717) is 18.6 Å². The van der Waals surface area contributed by atoms with Crippen LogP contribution in [-0.2, 0) is 6.42 Å². The molecule has 0 spiro atoms. The monoisotopic (exact) mass is 337 g/mol. The molecule has 1 aromatic heterocycles. The van der Waals surface area contributed by atoms with E-state index in [2.05, 4.69) is 11.9 Å². The van der Waals surface area contributed by atoms with Crippen molar-refractivity contribution in [3.8, 4) is 11.5 Å². The number of unbranched alkanes of at least 4 members (excludes halogenated alkanes) is 1. The van der Waals surface area contributed by atoms with E-state index < -0.39 is 0 Å². The summed E-state index contributed by atoms with van der Waals surface area (Å²) in [6.07, 6.45) is 4.72. The minimum Gasteiger partial charge on any atom is -0.490 e. The van der Waals surface area contributed by atoms with Gasteiger partial charge in [0.2, 0.25) is 0 Å². The molecule has 0 radical (unpaired) electrons. The molecule has 25 heavy (non-hydrogen) atoms. The minimum atomic E-state index is 0.0328. The van der Waals surface area contributed by atoms with Crippen molar-refractivity contribution >= 4 is 10.9 Å². The fourth-order valence-electron chi connectivity index (χ4n) is 2.77. The van der Waals surface area contributed by atoms with E-state index in [9.17, 15) is 4.79 Å². The molecule has 0 saturated heterocycles. The third-order valence-electron chi connectivity index (χ3n) is 4.09. The summed E-state index contributed by atoms with van der Waals surface area (Å²) in [6, 6.07) is 15.1. The lowest BCUT2D eigenvalue weighted by atomic mass is 10.0. The maximum Gasteiger partial charge on any atom is 0.189 e. The summed E-state index contributed by atoms with van der Waals surface area (Å²) in [7, 11) is 0. The predicted molar refractivity (Wildman–Crippen MR) is 101 cm³/mol. The van der Waals surface area contributed by atoms with Gasteiger partial charge in [0.25, 0.3) is 0 Å². The maximum atomic E-state index is 12.1. The lowest BCUT2D eigenvalue weighted by molar-refractivity contribution is 0.216. The number of para-hydroxylation sites is 1. The van der Waals surface area contributed by atoms with Gasteiger partial charge in [-0.15, -0.1) is 0 Å². The Kier molecular flexibility index (Phi) is 5.73. The van der Waals surface area contributed by atoms with Crippen molar-refractivity contribution in [2.24, 2.45) is 0 Å². The number of hydrogen-bond donors (Lipinski definition) is 1. The Morgan fingerprint density at radius 2 is 1.80 bits per heavy atom. The minimum absolute atomic E-state index is 0.0328. The van der Waals surface area contributed by atoms with E-state index in [1.165, 1.54) is 0 Å². The molecule has 4 nitrogen and oxygen atoms in total. The van der Waals surface area contributed by atoms with E-state index in [4.69, 9.17) is 9.47 Å². The summed E-state index contributed by atoms with van der Waals surface area (Å²) in [4.78, 5) is 15.2. The van der Waals surface area contributed by atoms with Crippen LogP contribution >= 0.6 is 0 Å². The number of ether oxygens (including phenoxy) is 2. The van der Waals surface area contributed by atoms with Gasteiger partial charge in [0.15, 0.2) is 5.43 Å². The molecule has 0 fully saturated rings. The quantitative estimate of drug-likeness (QED) is 0.623. The molecular formula is C21H23NO3. The van der Waals surface area contributed by atoms with E-state index in [-0.39, 0.29) is 5.43 Å². The molecule has 0 atom stereocenters. The molecular weight excluding hydrogens is 314 g/mol. The molecule has 0 bridgehead atoms. The van der Waals surface area contributed by atoms with Crippen molar-refractivity contribution in [1.82, 2.24) is 4.98 Å². The highest BCUT2D eigenvalue weighted by Crippen LogP contribution is 2.25. The fraction of sp³-hybridized carbons (Fsp3) is 0.286. The van der Waals surface area contributed by atoms with Crippen LogP contribution in [0.25, 0.3) is 10.9 Å². The van der Waals surface area contributed by atoms with Gasteiger partial charge in [-0.3, -0.25) is 4.79 Å². The maximum absolute atomic E-state index is 12.1. The van der Waals surface area contributed by atoms with E-state index in [0.717, 1.165) is 41.8 Å². The van der Waals surface area contributed by atoms with Gasteiger partial charge in [0.05, 0.1) is 5.52 Å².